The third kappa shape index (κ3) is 5.12. The summed E-state index contributed by atoms with van der Waals surface area (Å²) in [6.07, 6.45) is 0. The zero-order chi connectivity index (χ0) is 21.8. The lowest BCUT2D eigenvalue weighted by atomic mass is 10.2. The number of nitrogens with zero attached hydrogens (tertiary/aromatic N) is 4. The minimum Gasteiger partial charge on any atom is -0.497 e. The summed E-state index contributed by atoms with van der Waals surface area (Å²) in [5, 5.41) is 4.57. The van der Waals surface area contributed by atoms with Crippen molar-refractivity contribution in [1.29, 1.82) is 0 Å². The number of anilines is 3. The maximum absolute atomic E-state index is 5.28. The average Bonchev–Trinajstić information content (AvgIpc) is 2.88. The van der Waals surface area contributed by atoms with Crippen LogP contribution in [-0.2, 0) is 6.54 Å². The van der Waals surface area contributed by atoms with Crippen LogP contribution in [0.4, 0.5) is 17.5 Å². The monoisotopic (exact) mass is 461 g/mol. The molecule has 6 nitrogen and oxygen atoms in total. The summed E-state index contributed by atoms with van der Waals surface area (Å²) in [5.41, 5.74) is 3.41. The van der Waals surface area contributed by atoms with Crippen molar-refractivity contribution in [3.63, 3.8) is 0 Å². The highest BCUT2D eigenvalue weighted by molar-refractivity contribution is 5.90. The van der Waals surface area contributed by atoms with Gasteiger partial charge in [0.1, 0.15) is 11.6 Å². The Morgan fingerprint density at radius 1 is 0.788 bits per heavy atom. The molecule has 0 atom stereocenters. The van der Waals surface area contributed by atoms with E-state index in [-0.39, 0.29) is 12.4 Å². The number of aromatic nitrogens is 2. The predicted octanol–water partition coefficient (Wildman–Crippen LogP) is 5.00. The van der Waals surface area contributed by atoms with Crippen LogP contribution >= 0.6 is 12.4 Å². The summed E-state index contributed by atoms with van der Waals surface area (Å²) in [4.78, 5) is 14.5. The highest BCUT2D eigenvalue weighted by Crippen LogP contribution is 2.26. The molecule has 0 amide bonds. The van der Waals surface area contributed by atoms with Crippen LogP contribution in [0.3, 0.4) is 0 Å². The standard InChI is InChI=1S/C26H27N5O.ClH/c1-32-22-13-11-21(12-14-22)30-15-17-31(18-16-30)26-28-24-10-6-5-9-23(24)25(29-26)27-19-20-7-3-2-4-8-20;/h2-14H,15-19H2,1H3,(H,27,28,29);1H. The summed E-state index contributed by atoms with van der Waals surface area (Å²) in [6.45, 7) is 4.34. The summed E-state index contributed by atoms with van der Waals surface area (Å²) in [6, 6.07) is 26.9. The molecule has 0 unspecified atom stereocenters. The second-order valence-corrected chi connectivity index (χ2v) is 7.90. The van der Waals surface area contributed by atoms with E-state index in [1.165, 1.54) is 11.3 Å². The van der Waals surface area contributed by atoms with Crippen molar-refractivity contribution in [3.8, 4) is 5.75 Å². The molecule has 1 aliphatic rings. The molecule has 0 aliphatic carbocycles. The molecule has 0 bridgehead atoms. The zero-order valence-corrected chi connectivity index (χ0v) is 19.5. The van der Waals surface area contributed by atoms with E-state index in [0.29, 0.717) is 0 Å². The number of halogens is 1. The minimum absolute atomic E-state index is 0. The van der Waals surface area contributed by atoms with Crippen molar-refractivity contribution in [2.75, 3.05) is 48.4 Å². The first-order chi connectivity index (χ1) is 15.8. The Hall–Kier alpha value is -3.51. The first kappa shape index (κ1) is 22.7. The molecule has 5 rings (SSSR count). The lowest BCUT2D eigenvalue weighted by molar-refractivity contribution is 0.415. The van der Waals surface area contributed by atoms with Crippen LogP contribution in [0.2, 0.25) is 0 Å². The van der Waals surface area contributed by atoms with Crippen LogP contribution in [0.5, 0.6) is 5.75 Å². The van der Waals surface area contributed by atoms with Gasteiger partial charge in [-0.15, -0.1) is 12.4 Å². The third-order valence-electron chi connectivity index (χ3n) is 5.89. The van der Waals surface area contributed by atoms with Crippen LogP contribution in [0.1, 0.15) is 5.56 Å². The maximum Gasteiger partial charge on any atom is 0.228 e. The number of rotatable bonds is 6. The number of benzene rings is 3. The molecule has 4 aromatic rings. The molecule has 1 aliphatic heterocycles. The second-order valence-electron chi connectivity index (χ2n) is 7.90. The summed E-state index contributed by atoms with van der Waals surface area (Å²) < 4.78 is 5.28. The molecule has 0 spiro atoms. The minimum atomic E-state index is 0. The SMILES string of the molecule is COc1ccc(N2CCN(c3nc(NCc4ccccc4)c4ccccc4n3)CC2)cc1.Cl. The van der Waals surface area contributed by atoms with E-state index >= 15 is 0 Å². The fourth-order valence-corrected chi connectivity index (χ4v) is 4.08. The number of ether oxygens (including phenoxy) is 1. The Labute approximate surface area is 200 Å². The second kappa shape index (κ2) is 10.4. The molecule has 1 aromatic heterocycles. The van der Waals surface area contributed by atoms with Gasteiger partial charge >= 0.3 is 0 Å². The Balaban J connectivity index is 0.00000259. The maximum atomic E-state index is 5.28. The molecular formula is C26H28ClN5O. The molecule has 0 radical (unpaired) electrons. The Morgan fingerprint density at radius 2 is 1.45 bits per heavy atom. The van der Waals surface area contributed by atoms with E-state index < -0.39 is 0 Å². The van der Waals surface area contributed by atoms with Crippen molar-refractivity contribution in [2.24, 2.45) is 0 Å². The molecule has 3 aromatic carbocycles. The fourth-order valence-electron chi connectivity index (χ4n) is 4.08. The predicted molar refractivity (Wildman–Crippen MR) is 138 cm³/mol. The molecule has 7 heteroatoms. The highest BCUT2D eigenvalue weighted by atomic mass is 35.5. The number of nitrogens with one attached hydrogen (secondary N) is 1. The van der Waals surface area contributed by atoms with Crippen LogP contribution in [0.25, 0.3) is 10.9 Å². The van der Waals surface area contributed by atoms with Gasteiger partial charge in [-0.3, -0.25) is 0 Å². The number of fused-ring (bicyclic) bond motifs is 1. The molecule has 1 N–H and O–H groups in total. The highest BCUT2D eigenvalue weighted by Gasteiger charge is 2.21. The van der Waals surface area contributed by atoms with Gasteiger partial charge in [-0.05, 0) is 42.0 Å². The topological polar surface area (TPSA) is 53.5 Å². The Kier molecular flexibility index (Phi) is 7.15. The van der Waals surface area contributed by atoms with E-state index in [2.05, 4.69) is 63.6 Å². The molecule has 33 heavy (non-hydrogen) atoms. The first-order valence-corrected chi connectivity index (χ1v) is 11.0. The van der Waals surface area contributed by atoms with Crippen LogP contribution in [0.15, 0.2) is 78.9 Å². The molecule has 2 heterocycles. The average molecular weight is 462 g/mol. The number of hydrogen-bond acceptors (Lipinski definition) is 6. The van der Waals surface area contributed by atoms with Crippen molar-refractivity contribution in [1.82, 2.24) is 9.97 Å². The fraction of sp³-hybridized carbons (Fsp3) is 0.231. The summed E-state index contributed by atoms with van der Waals surface area (Å²) in [7, 11) is 1.69. The van der Waals surface area contributed by atoms with Crippen molar-refractivity contribution >= 4 is 40.8 Å². The van der Waals surface area contributed by atoms with Gasteiger partial charge in [-0.25, -0.2) is 4.98 Å². The molecule has 0 saturated carbocycles. The summed E-state index contributed by atoms with van der Waals surface area (Å²) in [5.74, 6) is 2.55. The van der Waals surface area contributed by atoms with Gasteiger partial charge in [0.05, 0.1) is 12.6 Å². The molecule has 170 valence electrons. The van der Waals surface area contributed by atoms with Crippen LogP contribution in [-0.4, -0.2) is 43.3 Å². The van der Waals surface area contributed by atoms with Gasteiger partial charge in [0, 0.05) is 43.8 Å². The van der Waals surface area contributed by atoms with E-state index in [1.54, 1.807) is 7.11 Å². The Morgan fingerprint density at radius 3 is 2.18 bits per heavy atom. The van der Waals surface area contributed by atoms with E-state index in [1.807, 2.05) is 30.3 Å². The van der Waals surface area contributed by atoms with Gasteiger partial charge in [0.25, 0.3) is 0 Å². The van der Waals surface area contributed by atoms with Crippen molar-refractivity contribution in [3.05, 3.63) is 84.4 Å². The number of piperazine rings is 1. The third-order valence-corrected chi connectivity index (χ3v) is 5.89. The lowest BCUT2D eigenvalue weighted by Gasteiger charge is -2.36. The number of hydrogen-bond donors (Lipinski definition) is 1. The normalized spacial score (nSPS) is 13.5. The van der Waals surface area contributed by atoms with E-state index in [9.17, 15) is 0 Å². The first-order valence-electron chi connectivity index (χ1n) is 11.0. The van der Waals surface area contributed by atoms with Crippen LogP contribution in [0, 0.1) is 0 Å². The van der Waals surface area contributed by atoms with E-state index in [4.69, 9.17) is 14.7 Å². The molecular weight excluding hydrogens is 434 g/mol. The largest absolute Gasteiger partial charge is 0.497 e. The van der Waals surface area contributed by atoms with Gasteiger partial charge < -0.3 is 19.9 Å². The zero-order valence-electron chi connectivity index (χ0n) is 18.6. The summed E-state index contributed by atoms with van der Waals surface area (Å²) >= 11 is 0. The Bertz CT molecular complexity index is 1180. The van der Waals surface area contributed by atoms with Crippen molar-refractivity contribution in [2.45, 2.75) is 6.54 Å². The quantitative estimate of drug-likeness (QED) is 0.436. The molecule has 1 fully saturated rings. The van der Waals surface area contributed by atoms with Gasteiger partial charge in [0.2, 0.25) is 5.95 Å². The lowest BCUT2D eigenvalue weighted by Crippen LogP contribution is -2.47. The van der Waals surface area contributed by atoms with E-state index in [0.717, 1.165) is 61.1 Å². The van der Waals surface area contributed by atoms with Gasteiger partial charge in [0.15, 0.2) is 0 Å². The smallest absolute Gasteiger partial charge is 0.228 e. The van der Waals surface area contributed by atoms with Crippen molar-refractivity contribution < 1.29 is 4.74 Å². The number of para-hydroxylation sites is 1. The number of methoxy groups -OCH3 is 1. The molecule has 1 saturated heterocycles. The van der Waals surface area contributed by atoms with Gasteiger partial charge in [-0.1, -0.05) is 42.5 Å². The van der Waals surface area contributed by atoms with Crippen LogP contribution < -0.4 is 19.9 Å². The van der Waals surface area contributed by atoms with Gasteiger partial charge in [-0.2, -0.15) is 4.98 Å².